The molecule has 3 nitrogen and oxygen atoms in total. The summed E-state index contributed by atoms with van der Waals surface area (Å²) in [6.45, 7) is 10.1. The standard InChI is InChI=1S/C23H21NO2/c1-18(24-2)21-13-22(25-16-19-9-5-3-6-10-19)15-23(14-21)26-17-20-11-7-4-8-12-20/h3-15,18H,16-17H2,1H3. The largest absolute Gasteiger partial charge is 0.489 e. The first kappa shape index (κ1) is 17.6. The van der Waals surface area contributed by atoms with E-state index in [1.807, 2.05) is 85.8 Å². The Balaban J connectivity index is 1.76. The van der Waals surface area contributed by atoms with Gasteiger partial charge < -0.3 is 14.3 Å². The van der Waals surface area contributed by atoms with Crippen LogP contribution >= 0.6 is 0 Å². The van der Waals surface area contributed by atoms with Gasteiger partial charge in [-0.3, -0.25) is 0 Å². The molecule has 0 radical (unpaired) electrons. The Labute approximate surface area is 154 Å². The van der Waals surface area contributed by atoms with Crippen LogP contribution < -0.4 is 9.47 Å². The first-order valence-electron chi connectivity index (χ1n) is 8.59. The number of hydrogen-bond acceptors (Lipinski definition) is 2. The first-order chi connectivity index (χ1) is 12.7. The monoisotopic (exact) mass is 343 g/mol. The van der Waals surface area contributed by atoms with Crippen molar-refractivity contribution in [2.45, 2.75) is 26.2 Å². The fourth-order valence-electron chi connectivity index (χ4n) is 2.56. The molecule has 0 aliphatic carbocycles. The van der Waals surface area contributed by atoms with Crippen molar-refractivity contribution in [2.75, 3.05) is 0 Å². The van der Waals surface area contributed by atoms with Gasteiger partial charge in [0.05, 0.1) is 0 Å². The fourth-order valence-corrected chi connectivity index (χ4v) is 2.56. The highest BCUT2D eigenvalue weighted by atomic mass is 16.5. The lowest BCUT2D eigenvalue weighted by Crippen LogP contribution is -2.00. The van der Waals surface area contributed by atoms with E-state index >= 15 is 0 Å². The molecule has 0 N–H and O–H groups in total. The summed E-state index contributed by atoms with van der Waals surface area (Å²) in [5.74, 6) is 1.43. The van der Waals surface area contributed by atoms with Crippen molar-refractivity contribution in [2.24, 2.45) is 0 Å². The van der Waals surface area contributed by atoms with Gasteiger partial charge in [0.15, 0.2) is 0 Å². The summed E-state index contributed by atoms with van der Waals surface area (Å²) >= 11 is 0. The van der Waals surface area contributed by atoms with Gasteiger partial charge in [-0.05, 0) is 23.3 Å². The zero-order valence-corrected chi connectivity index (χ0v) is 14.8. The van der Waals surface area contributed by atoms with Gasteiger partial charge in [0.25, 0.3) is 0 Å². The highest BCUT2D eigenvalue weighted by molar-refractivity contribution is 5.40. The minimum absolute atomic E-state index is 0.241. The Morgan fingerprint density at radius 3 is 1.65 bits per heavy atom. The van der Waals surface area contributed by atoms with Crippen LogP contribution in [0.15, 0.2) is 78.9 Å². The molecule has 0 fully saturated rings. The molecule has 0 spiro atoms. The molecule has 26 heavy (non-hydrogen) atoms. The van der Waals surface area contributed by atoms with Crippen molar-refractivity contribution < 1.29 is 9.47 Å². The molecule has 130 valence electrons. The van der Waals surface area contributed by atoms with Crippen LogP contribution in [-0.2, 0) is 13.2 Å². The predicted octanol–water partition coefficient (Wildman–Crippen LogP) is 5.82. The zero-order chi connectivity index (χ0) is 18.2. The normalized spacial score (nSPS) is 11.4. The first-order valence-corrected chi connectivity index (χ1v) is 8.59. The summed E-state index contributed by atoms with van der Waals surface area (Å²) < 4.78 is 11.9. The molecule has 0 aliphatic heterocycles. The van der Waals surface area contributed by atoms with Crippen LogP contribution in [0.2, 0.25) is 0 Å². The Bertz CT molecular complexity index is 808. The summed E-state index contributed by atoms with van der Waals surface area (Å²) in [4.78, 5) is 3.62. The Kier molecular flexibility index (Phi) is 5.90. The van der Waals surface area contributed by atoms with Crippen molar-refractivity contribution in [1.82, 2.24) is 0 Å². The van der Waals surface area contributed by atoms with Crippen molar-refractivity contribution in [1.29, 1.82) is 0 Å². The van der Waals surface area contributed by atoms with Gasteiger partial charge in [0, 0.05) is 18.6 Å². The molecular formula is C23H21NO2. The number of hydrogen-bond donors (Lipinski definition) is 0. The molecule has 3 heteroatoms. The summed E-state index contributed by atoms with van der Waals surface area (Å²) in [7, 11) is 0. The molecule has 1 unspecified atom stereocenters. The summed E-state index contributed by atoms with van der Waals surface area (Å²) in [6, 6.07) is 25.5. The van der Waals surface area contributed by atoms with Crippen molar-refractivity contribution in [3.8, 4) is 11.5 Å². The second kappa shape index (κ2) is 8.73. The minimum Gasteiger partial charge on any atom is -0.489 e. The Morgan fingerprint density at radius 2 is 1.23 bits per heavy atom. The van der Waals surface area contributed by atoms with Gasteiger partial charge in [0.2, 0.25) is 6.04 Å². The molecule has 3 aromatic rings. The highest BCUT2D eigenvalue weighted by Crippen LogP contribution is 2.29. The van der Waals surface area contributed by atoms with Crippen LogP contribution in [0.25, 0.3) is 4.85 Å². The number of rotatable bonds is 7. The van der Waals surface area contributed by atoms with Gasteiger partial charge in [0.1, 0.15) is 24.7 Å². The molecule has 0 saturated carbocycles. The van der Waals surface area contributed by atoms with Crippen molar-refractivity contribution in [3.05, 3.63) is 107 Å². The molecule has 1 atom stereocenters. The number of ether oxygens (including phenoxy) is 2. The van der Waals surface area contributed by atoms with Crippen LogP contribution in [0.1, 0.15) is 29.7 Å². The molecule has 0 amide bonds. The lowest BCUT2D eigenvalue weighted by molar-refractivity contribution is 0.289. The zero-order valence-electron chi connectivity index (χ0n) is 14.8. The van der Waals surface area contributed by atoms with Crippen LogP contribution in [0, 0.1) is 6.57 Å². The topological polar surface area (TPSA) is 22.8 Å². The van der Waals surface area contributed by atoms with Gasteiger partial charge in [-0.25, -0.2) is 6.57 Å². The van der Waals surface area contributed by atoms with Crippen molar-refractivity contribution >= 4 is 0 Å². The molecular weight excluding hydrogens is 322 g/mol. The lowest BCUT2D eigenvalue weighted by Gasteiger charge is -2.12. The van der Waals surface area contributed by atoms with E-state index in [9.17, 15) is 0 Å². The van der Waals surface area contributed by atoms with E-state index in [0.29, 0.717) is 24.7 Å². The summed E-state index contributed by atoms with van der Waals surface area (Å²) in [6.07, 6.45) is 0. The fraction of sp³-hybridized carbons (Fsp3) is 0.174. The predicted molar refractivity (Wildman–Crippen MR) is 103 cm³/mol. The third-order valence-corrected chi connectivity index (χ3v) is 4.08. The molecule has 3 rings (SSSR count). The van der Waals surface area contributed by atoms with E-state index in [1.54, 1.807) is 0 Å². The van der Waals surface area contributed by atoms with Crippen LogP contribution in [0.5, 0.6) is 11.5 Å². The molecule has 0 aliphatic rings. The second-order valence-electron chi connectivity index (χ2n) is 6.09. The minimum atomic E-state index is -0.241. The highest BCUT2D eigenvalue weighted by Gasteiger charge is 2.13. The number of benzene rings is 3. The van der Waals surface area contributed by atoms with E-state index in [1.165, 1.54) is 0 Å². The van der Waals surface area contributed by atoms with Gasteiger partial charge >= 0.3 is 0 Å². The molecule has 0 heterocycles. The van der Waals surface area contributed by atoms with Crippen molar-refractivity contribution in [3.63, 3.8) is 0 Å². The van der Waals surface area contributed by atoms with Gasteiger partial charge in [-0.1, -0.05) is 60.7 Å². The third kappa shape index (κ3) is 4.87. The summed E-state index contributed by atoms with van der Waals surface area (Å²) in [5, 5.41) is 0. The van der Waals surface area contributed by atoms with Gasteiger partial charge in [-0.15, -0.1) is 0 Å². The van der Waals surface area contributed by atoms with E-state index in [0.717, 1.165) is 16.7 Å². The molecule has 0 bridgehead atoms. The maximum atomic E-state index is 7.30. The van der Waals surface area contributed by atoms with Crippen LogP contribution in [0.4, 0.5) is 0 Å². The van der Waals surface area contributed by atoms with E-state index in [4.69, 9.17) is 16.0 Å². The average Bonchev–Trinajstić information content (AvgIpc) is 2.71. The summed E-state index contributed by atoms with van der Waals surface area (Å²) in [5.41, 5.74) is 3.10. The van der Waals surface area contributed by atoms with Crippen LogP contribution in [0.3, 0.4) is 0 Å². The second-order valence-corrected chi connectivity index (χ2v) is 6.09. The average molecular weight is 343 g/mol. The maximum absolute atomic E-state index is 7.30. The SMILES string of the molecule is [C-]#[N+]C(C)c1cc(OCc2ccccc2)cc(OCc2ccccc2)c1. The quantitative estimate of drug-likeness (QED) is 0.504. The lowest BCUT2D eigenvalue weighted by atomic mass is 10.1. The smallest absolute Gasteiger partial charge is 0.246 e. The maximum Gasteiger partial charge on any atom is 0.246 e. The molecule has 0 aromatic heterocycles. The third-order valence-electron chi connectivity index (χ3n) is 4.08. The molecule has 0 saturated heterocycles. The van der Waals surface area contributed by atoms with E-state index in [-0.39, 0.29) is 6.04 Å². The Morgan fingerprint density at radius 1 is 0.769 bits per heavy atom. The van der Waals surface area contributed by atoms with Gasteiger partial charge in [-0.2, -0.15) is 0 Å². The number of nitrogens with zero attached hydrogens (tertiary/aromatic N) is 1. The van der Waals surface area contributed by atoms with E-state index < -0.39 is 0 Å². The van der Waals surface area contributed by atoms with E-state index in [2.05, 4.69) is 4.85 Å². The Hall–Kier alpha value is -3.25. The molecule has 3 aromatic carbocycles. The van der Waals surface area contributed by atoms with Crippen LogP contribution in [-0.4, -0.2) is 0 Å².